The minimum atomic E-state index is -0.330. The first kappa shape index (κ1) is 28.5. The van der Waals surface area contributed by atoms with Gasteiger partial charge in [0.15, 0.2) is 17.3 Å². The fourth-order valence-corrected chi connectivity index (χ4v) is 4.87. The van der Waals surface area contributed by atoms with E-state index in [1.165, 1.54) is 38.9 Å². The molecule has 0 unspecified atom stereocenters. The maximum atomic E-state index is 13.6. The van der Waals surface area contributed by atoms with Crippen LogP contribution in [-0.2, 0) is 0 Å². The van der Waals surface area contributed by atoms with E-state index in [0.717, 1.165) is 17.0 Å². The molecule has 0 atom stereocenters. The quantitative estimate of drug-likeness (QED) is 0.149. The van der Waals surface area contributed by atoms with Crippen molar-refractivity contribution in [1.82, 2.24) is 4.98 Å². The van der Waals surface area contributed by atoms with E-state index in [2.05, 4.69) is 16.4 Å². The lowest BCUT2D eigenvalue weighted by Crippen LogP contribution is -2.07. The molecule has 4 rings (SSSR count). The summed E-state index contributed by atoms with van der Waals surface area (Å²) in [6.07, 6.45) is 1.52. The van der Waals surface area contributed by atoms with Gasteiger partial charge in [0.05, 0.1) is 33.6 Å². The largest absolute Gasteiger partial charge is 0.494 e. The van der Waals surface area contributed by atoms with Gasteiger partial charge in [0.2, 0.25) is 5.75 Å². The zero-order chi connectivity index (χ0) is 28.6. The van der Waals surface area contributed by atoms with Crippen LogP contribution < -0.4 is 24.3 Å². The molecule has 40 heavy (non-hydrogen) atoms. The standard InChI is InChI=1S/C30H26ClN3O5S/c1-5-39-22-9-6-18(7-10-22)25-17-40-30(34-25)20(15-32)16-33-24-11-8-21(31)14-23(24)28(35)19-12-26(36-2)29(38-4)27(13-19)37-3/h6-14,16-17,33H,5H2,1-4H3/b20-16+. The number of ketones is 1. The number of allylic oxidation sites excluding steroid dienone is 1. The van der Waals surface area contributed by atoms with Crippen LogP contribution in [-0.4, -0.2) is 38.7 Å². The number of methoxy groups -OCH3 is 3. The van der Waals surface area contributed by atoms with Gasteiger partial charge in [-0.05, 0) is 61.5 Å². The Morgan fingerprint density at radius 3 is 2.35 bits per heavy atom. The van der Waals surface area contributed by atoms with E-state index < -0.39 is 0 Å². The number of anilines is 1. The number of carbonyl (C=O) groups is 1. The Morgan fingerprint density at radius 2 is 1.75 bits per heavy atom. The molecule has 0 bridgehead atoms. The molecule has 0 saturated heterocycles. The van der Waals surface area contributed by atoms with Crippen LogP contribution in [0.2, 0.25) is 5.02 Å². The summed E-state index contributed by atoms with van der Waals surface area (Å²) in [6.45, 7) is 2.52. The summed E-state index contributed by atoms with van der Waals surface area (Å²) in [6, 6.07) is 17.8. The minimum absolute atomic E-state index is 0.296. The number of aromatic nitrogens is 1. The highest BCUT2D eigenvalue weighted by Gasteiger charge is 2.20. The summed E-state index contributed by atoms with van der Waals surface area (Å²) >= 11 is 7.60. The van der Waals surface area contributed by atoms with Crippen LogP contribution in [0.3, 0.4) is 0 Å². The zero-order valence-electron chi connectivity index (χ0n) is 22.3. The normalized spacial score (nSPS) is 10.9. The van der Waals surface area contributed by atoms with Crippen molar-refractivity contribution in [2.45, 2.75) is 6.92 Å². The molecule has 1 N–H and O–H groups in total. The number of hydrogen-bond acceptors (Lipinski definition) is 9. The second-order valence-electron chi connectivity index (χ2n) is 8.24. The fourth-order valence-electron chi connectivity index (χ4n) is 3.91. The number of ether oxygens (including phenoxy) is 4. The molecule has 10 heteroatoms. The van der Waals surface area contributed by atoms with Gasteiger partial charge in [-0.1, -0.05) is 11.6 Å². The van der Waals surface area contributed by atoms with Crippen molar-refractivity contribution in [3.63, 3.8) is 0 Å². The molecular weight excluding hydrogens is 550 g/mol. The molecule has 0 radical (unpaired) electrons. The molecule has 1 aromatic heterocycles. The van der Waals surface area contributed by atoms with E-state index in [0.29, 0.717) is 56.3 Å². The van der Waals surface area contributed by atoms with Gasteiger partial charge in [0, 0.05) is 39.0 Å². The van der Waals surface area contributed by atoms with Crippen LogP contribution in [0.5, 0.6) is 23.0 Å². The average Bonchev–Trinajstić information content (AvgIpc) is 3.47. The van der Waals surface area contributed by atoms with E-state index in [9.17, 15) is 10.1 Å². The van der Waals surface area contributed by atoms with Crippen molar-refractivity contribution in [3.05, 3.63) is 87.3 Å². The molecule has 0 aliphatic rings. The summed E-state index contributed by atoms with van der Waals surface area (Å²) in [5.74, 6) is 1.52. The van der Waals surface area contributed by atoms with Crippen LogP contribution in [0.25, 0.3) is 16.8 Å². The molecule has 0 amide bonds. The summed E-state index contributed by atoms with van der Waals surface area (Å²) in [4.78, 5) is 18.2. The van der Waals surface area contributed by atoms with E-state index >= 15 is 0 Å². The highest BCUT2D eigenvalue weighted by Crippen LogP contribution is 2.39. The van der Waals surface area contributed by atoms with Crippen molar-refractivity contribution < 1.29 is 23.7 Å². The molecule has 204 valence electrons. The number of benzene rings is 3. The van der Waals surface area contributed by atoms with Crippen LogP contribution in [0.15, 0.2) is 66.2 Å². The Hall–Kier alpha value is -4.52. The molecule has 8 nitrogen and oxygen atoms in total. The Labute approximate surface area is 241 Å². The lowest BCUT2D eigenvalue weighted by atomic mass is 10.0. The number of hydrogen-bond donors (Lipinski definition) is 1. The summed E-state index contributed by atoms with van der Waals surface area (Å²) < 4.78 is 21.7. The number of thiazole rings is 1. The highest BCUT2D eigenvalue weighted by atomic mass is 35.5. The Morgan fingerprint density at radius 1 is 1.05 bits per heavy atom. The van der Waals surface area contributed by atoms with Crippen LogP contribution in [0, 0.1) is 11.3 Å². The topological polar surface area (TPSA) is 103 Å². The first-order chi connectivity index (χ1) is 19.4. The first-order valence-electron chi connectivity index (χ1n) is 12.1. The average molecular weight is 576 g/mol. The van der Waals surface area contributed by atoms with Gasteiger partial charge >= 0.3 is 0 Å². The molecule has 4 aromatic rings. The number of nitriles is 1. The molecule has 0 saturated carbocycles. The number of carbonyl (C=O) groups excluding carboxylic acids is 1. The molecular formula is C30H26ClN3O5S. The number of rotatable bonds is 11. The van der Waals surface area contributed by atoms with Gasteiger partial charge in [-0.2, -0.15) is 5.26 Å². The molecule has 0 spiro atoms. The SMILES string of the molecule is CCOc1ccc(-c2csc(/C(C#N)=C/Nc3ccc(Cl)cc3C(=O)c3cc(OC)c(OC)c(OC)c3)n2)cc1. The maximum absolute atomic E-state index is 13.6. The zero-order valence-corrected chi connectivity index (χ0v) is 23.9. The second kappa shape index (κ2) is 13.0. The van der Waals surface area contributed by atoms with Crippen molar-refractivity contribution in [3.8, 4) is 40.3 Å². The Kier molecular flexibility index (Phi) is 9.27. The highest BCUT2D eigenvalue weighted by molar-refractivity contribution is 7.11. The van der Waals surface area contributed by atoms with E-state index in [1.807, 2.05) is 36.6 Å². The van der Waals surface area contributed by atoms with Crippen LogP contribution >= 0.6 is 22.9 Å². The summed E-state index contributed by atoms with van der Waals surface area (Å²) in [7, 11) is 4.45. The number of nitrogens with zero attached hydrogens (tertiary/aromatic N) is 2. The van der Waals surface area contributed by atoms with Gasteiger partial charge in [-0.15, -0.1) is 11.3 Å². The van der Waals surface area contributed by atoms with Crippen LogP contribution in [0.4, 0.5) is 5.69 Å². The summed E-state index contributed by atoms with van der Waals surface area (Å²) in [5.41, 5.74) is 3.03. The van der Waals surface area contributed by atoms with Gasteiger partial charge in [-0.25, -0.2) is 4.98 Å². The second-order valence-corrected chi connectivity index (χ2v) is 9.54. The maximum Gasteiger partial charge on any atom is 0.203 e. The van der Waals surface area contributed by atoms with Gasteiger partial charge in [0.25, 0.3) is 0 Å². The third kappa shape index (κ3) is 6.20. The van der Waals surface area contributed by atoms with E-state index in [4.69, 9.17) is 30.5 Å². The monoisotopic (exact) mass is 575 g/mol. The smallest absolute Gasteiger partial charge is 0.203 e. The predicted molar refractivity (Wildman–Crippen MR) is 157 cm³/mol. The fraction of sp³-hybridized carbons (Fsp3) is 0.167. The molecule has 0 aliphatic heterocycles. The third-order valence-corrected chi connectivity index (χ3v) is 6.95. The van der Waals surface area contributed by atoms with Crippen molar-refractivity contribution in [2.75, 3.05) is 33.3 Å². The molecule has 1 heterocycles. The van der Waals surface area contributed by atoms with Crippen LogP contribution in [0.1, 0.15) is 27.9 Å². The lowest BCUT2D eigenvalue weighted by molar-refractivity contribution is 0.103. The first-order valence-corrected chi connectivity index (χ1v) is 13.4. The number of halogens is 1. The van der Waals surface area contributed by atoms with E-state index in [1.54, 1.807) is 30.3 Å². The van der Waals surface area contributed by atoms with Gasteiger partial charge in [0.1, 0.15) is 22.4 Å². The number of nitrogens with one attached hydrogen (secondary N) is 1. The third-order valence-electron chi connectivity index (χ3n) is 5.84. The van der Waals surface area contributed by atoms with Crippen molar-refractivity contribution in [2.24, 2.45) is 0 Å². The van der Waals surface area contributed by atoms with Gasteiger partial charge in [-0.3, -0.25) is 4.79 Å². The molecule has 0 aliphatic carbocycles. The lowest BCUT2D eigenvalue weighted by Gasteiger charge is -2.15. The minimum Gasteiger partial charge on any atom is -0.494 e. The Balaban J connectivity index is 1.63. The Bertz CT molecular complexity index is 1570. The van der Waals surface area contributed by atoms with Crippen molar-refractivity contribution in [1.29, 1.82) is 5.26 Å². The predicted octanol–water partition coefficient (Wildman–Crippen LogP) is 7.10. The van der Waals surface area contributed by atoms with Gasteiger partial charge < -0.3 is 24.3 Å². The summed E-state index contributed by atoms with van der Waals surface area (Å²) in [5, 5.41) is 15.8. The molecule has 0 fully saturated rings. The van der Waals surface area contributed by atoms with E-state index in [-0.39, 0.29) is 5.78 Å². The van der Waals surface area contributed by atoms with Crippen molar-refractivity contribution >= 4 is 40.0 Å². The molecule has 3 aromatic carbocycles.